The summed E-state index contributed by atoms with van der Waals surface area (Å²) in [5.74, 6) is 0.593. The Labute approximate surface area is 93.4 Å². The van der Waals surface area contributed by atoms with Crippen molar-refractivity contribution in [2.45, 2.75) is 41.0 Å². The summed E-state index contributed by atoms with van der Waals surface area (Å²) in [6.07, 6.45) is 7.33. The molecule has 1 aliphatic rings. The fraction of sp³-hybridized carbons (Fsp3) is 0.538. The second kappa shape index (κ2) is 6.89. The van der Waals surface area contributed by atoms with E-state index in [1.807, 2.05) is 19.9 Å². The SMILES string of the molecule is CC.CC1=CC(C(C)C)=CCC(Cl)=C1. The monoisotopic (exact) mass is 212 g/mol. The van der Waals surface area contributed by atoms with E-state index in [9.17, 15) is 0 Å². The van der Waals surface area contributed by atoms with Gasteiger partial charge in [0.05, 0.1) is 0 Å². The van der Waals surface area contributed by atoms with Crippen LogP contribution in [0.15, 0.2) is 34.4 Å². The zero-order valence-corrected chi connectivity index (χ0v) is 10.7. The van der Waals surface area contributed by atoms with Gasteiger partial charge in [-0.2, -0.15) is 0 Å². The normalized spacial score (nSPS) is 16.1. The summed E-state index contributed by atoms with van der Waals surface area (Å²) in [7, 11) is 0. The molecule has 0 spiro atoms. The molecule has 0 aromatic carbocycles. The summed E-state index contributed by atoms with van der Waals surface area (Å²) in [6.45, 7) is 10.5. The molecule has 0 saturated carbocycles. The molecule has 0 saturated heterocycles. The molecule has 0 amide bonds. The maximum atomic E-state index is 5.96. The predicted molar refractivity (Wildman–Crippen MR) is 66.6 cm³/mol. The van der Waals surface area contributed by atoms with Crippen molar-refractivity contribution < 1.29 is 0 Å². The van der Waals surface area contributed by atoms with Gasteiger partial charge in [0.1, 0.15) is 0 Å². The second-order valence-corrected chi connectivity index (χ2v) is 4.03. The van der Waals surface area contributed by atoms with Gasteiger partial charge in [-0.15, -0.1) is 0 Å². The van der Waals surface area contributed by atoms with Crippen LogP contribution in [0.2, 0.25) is 0 Å². The highest BCUT2D eigenvalue weighted by Gasteiger charge is 2.04. The van der Waals surface area contributed by atoms with Gasteiger partial charge in [-0.05, 0) is 30.1 Å². The van der Waals surface area contributed by atoms with E-state index in [2.05, 4.69) is 32.9 Å². The molecule has 0 aromatic heterocycles. The molecule has 0 radical (unpaired) electrons. The Kier molecular flexibility index (Phi) is 6.65. The summed E-state index contributed by atoms with van der Waals surface area (Å²) in [6, 6.07) is 0. The number of allylic oxidation sites excluding steroid dienone is 6. The number of hydrogen-bond donors (Lipinski definition) is 0. The van der Waals surface area contributed by atoms with E-state index in [0.29, 0.717) is 5.92 Å². The van der Waals surface area contributed by atoms with Gasteiger partial charge in [-0.1, -0.05) is 51.4 Å². The van der Waals surface area contributed by atoms with Gasteiger partial charge >= 0.3 is 0 Å². The molecular formula is C13H21Cl. The Balaban J connectivity index is 0.000000791. The van der Waals surface area contributed by atoms with Crippen molar-refractivity contribution in [3.63, 3.8) is 0 Å². The minimum absolute atomic E-state index is 0.593. The van der Waals surface area contributed by atoms with Crippen molar-refractivity contribution in [3.05, 3.63) is 34.4 Å². The third-order valence-corrected chi connectivity index (χ3v) is 2.24. The lowest BCUT2D eigenvalue weighted by atomic mass is 10.0. The number of hydrogen-bond acceptors (Lipinski definition) is 0. The highest BCUT2D eigenvalue weighted by Crippen LogP contribution is 2.22. The van der Waals surface area contributed by atoms with Gasteiger partial charge in [0.15, 0.2) is 0 Å². The van der Waals surface area contributed by atoms with Gasteiger partial charge < -0.3 is 0 Å². The van der Waals surface area contributed by atoms with Gasteiger partial charge in [0.25, 0.3) is 0 Å². The first-order chi connectivity index (χ1) is 6.59. The summed E-state index contributed by atoms with van der Waals surface area (Å²) in [5, 5.41) is 0.930. The van der Waals surface area contributed by atoms with Crippen molar-refractivity contribution in [1.82, 2.24) is 0 Å². The van der Waals surface area contributed by atoms with Crippen LogP contribution in [0.1, 0.15) is 41.0 Å². The van der Waals surface area contributed by atoms with E-state index in [1.54, 1.807) is 0 Å². The van der Waals surface area contributed by atoms with Crippen LogP contribution in [0.4, 0.5) is 0 Å². The van der Waals surface area contributed by atoms with E-state index >= 15 is 0 Å². The highest BCUT2D eigenvalue weighted by atomic mass is 35.5. The number of rotatable bonds is 1. The lowest BCUT2D eigenvalue weighted by molar-refractivity contribution is 0.787. The van der Waals surface area contributed by atoms with E-state index in [1.165, 1.54) is 11.1 Å². The first-order valence-corrected chi connectivity index (χ1v) is 5.72. The lowest BCUT2D eigenvalue weighted by Gasteiger charge is -2.05. The van der Waals surface area contributed by atoms with Gasteiger partial charge in [0, 0.05) is 11.5 Å². The molecule has 1 aliphatic carbocycles. The summed E-state index contributed by atoms with van der Waals surface area (Å²) in [5.41, 5.74) is 2.64. The van der Waals surface area contributed by atoms with Crippen LogP contribution in [0.5, 0.6) is 0 Å². The maximum Gasteiger partial charge on any atom is 0.0221 e. The van der Waals surface area contributed by atoms with E-state index in [0.717, 1.165) is 11.5 Å². The summed E-state index contributed by atoms with van der Waals surface area (Å²) < 4.78 is 0. The molecule has 0 atom stereocenters. The molecule has 80 valence electrons. The molecule has 14 heavy (non-hydrogen) atoms. The molecule has 0 heterocycles. The topological polar surface area (TPSA) is 0 Å². The Hall–Kier alpha value is -0.490. The summed E-state index contributed by atoms with van der Waals surface area (Å²) >= 11 is 5.96. The molecule has 0 bridgehead atoms. The van der Waals surface area contributed by atoms with Crippen LogP contribution in [0, 0.1) is 5.92 Å². The Morgan fingerprint density at radius 2 is 1.79 bits per heavy atom. The molecular weight excluding hydrogens is 192 g/mol. The third kappa shape index (κ3) is 4.66. The molecule has 0 aromatic rings. The third-order valence-electron chi connectivity index (χ3n) is 1.98. The molecule has 0 fully saturated rings. The van der Waals surface area contributed by atoms with Gasteiger partial charge in [-0.3, -0.25) is 0 Å². The fourth-order valence-corrected chi connectivity index (χ4v) is 1.54. The van der Waals surface area contributed by atoms with Crippen molar-refractivity contribution in [3.8, 4) is 0 Å². The molecule has 0 aliphatic heterocycles. The molecule has 0 nitrogen and oxygen atoms in total. The average Bonchev–Trinajstić information content (AvgIpc) is 2.30. The van der Waals surface area contributed by atoms with Crippen LogP contribution in [-0.4, -0.2) is 0 Å². The molecule has 0 N–H and O–H groups in total. The van der Waals surface area contributed by atoms with Crippen molar-refractivity contribution >= 4 is 11.6 Å². The van der Waals surface area contributed by atoms with Gasteiger partial charge in [0.2, 0.25) is 0 Å². The van der Waals surface area contributed by atoms with Crippen LogP contribution in [0.3, 0.4) is 0 Å². The first kappa shape index (κ1) is 13.5. The minimum Gasteiger partial charge on any atom is -0.0888 e. The smallest absolute Gasteiger partial charge is 0.0221 e. The van der Waals surface area contributed by atoms with Crippen LogP contribution in [-0.2, 0) is 0 Å². The van der Waals surface area contributed by atoms with Crippen molar-refractivity contribution in [2.75, 3.05) is 0 Å². The second-order valence-electron chi connectivity index (χ2n) is 3.54. The zero-order chi connectivity index (χ0) is 11.1. The predicted octanol–water partition coefficient (Wildman–Crippen LogP) is 5.07. The largest absolute Gasteiger partial charge is 0.0888 e. The highest BCUT2D eigenvalue weighted by molar-refractivity contribution is 6.29. The average molecular weight is 213 g/mol. The molecule has 1 heteroatoms. The quantitative estimate of drug-likeness (QED) is 0.570. The fourth-order valence-electron chi connectivity index (χ4n) is 1.29. The minimum atomic E-state index is 0.593. The Bertz CT molecular complexity index is 254. The zero-order valence-electron chi connectivity index (χ0n) is 9.89. The van der Waals surface area contributed by atoms with Gasteiger partial charge in [-0.25, -0.2) is 0 Å². The number of halogens is 1. The van der Waals surface area contributed by atoms with Crippen molar-refractivity contribution in [1.29, 1.82) is 0 Å². The summed E-state index contributed by atoms with van der Waals surface area (Å²) in [4.78, 5) is 0. The van der Waals surface area contributed by atoms with Crippen molar-refractivity contribution in [2.24, 2.45) is 5.92 Å². The molecule has 0 unspecified atom stereocenters. The lowest BCUT2D eigenvalue weighted by Crippen LogP contribution is -1.90. The van der Waals surface area contributed by atoms with Crippen LogP contribution < -0.4 is 0 Å². The molecule has 1 rings (SSSR count). The van der Waals surface area contributed by atoms with E-state index in [4.69, 9.17) is 11.6 Å². The maximum absolute atomic E-state index is 5.96. The van der Waals surface area contributed by atoms with E-state index < -0.39 is 0 Å². The van der Waals surface area contributed by atoms with Crippen LogP contribution >= 0.6 is 11.6 Å². The van der Waals surface area contributed by atoms with Crippen LogP contribution in [0.25, 0.3) is 0 Å². The van der Waals surface area contributed by atoms with E-state index in [-0.39, 0.29) is 0 Å². The Morgan fingerprint density at radius 1 is 1.21 bits per heavy atom. The first-order valence-electron chi connectivity index (χ1n) is 5.34. The standard InChI is InChI=1S/C11H15Cl.C2H6/c1-8(2)10-4-5-11(12)7-9(3)6-10;1-2/h4,6-8H,5H2,1-3H3;1-2H3. The Morgan fingerprint density at radius 3 is 2.29 bits per heavy atom.